The van der Waals surface area contributed by atoms with Gasteiger partial charge in [0.2, 0.25) is 0 Å². The summed E-state index contributed by atoms with van der Waals surface area (Å²) in [5.74, 6) is 0.510. The van der Waals surface area contributed by atoms with Crippen LogP contribution >= 0.6 is 11.6 Å². The van der Waals surface area contributed by atoms with Gasteiger partial charge in [-0.1, -0.05) is 23.7 Å². The summed E-state index contributed by atoms with van der Waals surface area (Å²) in [5.41, 5.74) is 1.64. The number of sulfone groups is 1. The lowest BCUT2D eigenvalue weighted by atomic mass is 10.1. The van der Waals surface area contributed by atoms with E-state index in [-0.39, 0.29) is 10.6 Å². The van der Waals surface area contributed by atoms with Crippen molar-refractivity contribution in [3.8, 4) is 0 Å². The maximum Gasteiger partial charge on any atom is 0.181 e. The van der Waals surface area contributed by atoms with Gasteiger partial charge in [0.15, 0.2) is 21.9 Å². The average Bonchev–Trinajstić information content (AvgIpc) is 2.73. The van der Waals surface area contributed by atoms with E-state index in [2.05, 4.69) is 9.97 Å². The van der Waals surface area contributed by atoms with Crippen molar-refractivity contribution in [1.82, 2.24) is 9.97 Å². The number of piperidine rings is 1. The lowest BCUT2D eigenvalue weighted by Gasteiger charge is -2.33. The van der Waals surface area contributed by atoms with Crippen LogP contribution < -0.4 is 4.90 Å². The molecule has 4 rings (SSSR count). The van der Waals surface area contributed by atoms with Crippen molar-refractivity contribution in [2.24, 2.45) is 0 Å². The number of fused-ring (bicyclic) bond motifs is 1. The van der Waals surface area contributed by atoms with Crippen LogP contribution in [0.1, 0.15) is 23.3 Å². The van der Waals surface area contributed by atoms with Crippen molar-refractivity contribution in [1.29, 1.82) is 0 Å². The lowest BCUT2D eigenvalue weighted by Crippen LogP contribution is -2.40. The normalized spacial score (nSPS) is 15.7. The molecule has 1 aromatic heterocycles. The fraction of sp³-hybridized carbons (Fsp3) is 0.250. The van der Waals surface area contributed by atoms with E-state index >= 15 is 0 Å². The number of carbonyl (C=O) groups excluding carboxylic acids is 1. The first kappa shape index (κ1) is 18.8. The maximum absolute atomic E-state index is 12.9. The molecule has 0 saturated carbocycles. The van der Waals surface area contributed by atoms with Crippen molar-refractivity contribution < 1.29 is 13.2 Å². The minimum absolute atomic E-state index is 0.276. The van der Waals surface area contributed by atoms with Crippen molar-refractivity contribution in [2.45, 2.75) is 23.0 Å². The third-order valence-corrected chi connectivity index (χ3v) is 7.54. The topological polar surface area (TPSA) is 80.2 Å². The monoisotopic (exact) mass is 415 g/mol. The molecule has 144 valence electrons. The Morgan fingerprint density at radius 2 is 1.57 bits per heavy atom. The summed E-state index contributed by atoms with van der Waals surface area (Å²) < 4.78 is 25.8. The Labute approximate surface area is 168 Å². The third kappa shape index (κ3) is 3.47. The maximum atomic E-state index is 12.9. The summed E-state index contributed by atoms with van der Waals surface area (Å²) in [7, 11) is -3.43. The van der Waals surface area contributed by atoms with E-state index < -0.39 is 15.1 Å². The molecule has 1 aliphatic rings. The first-order valence-corrected chi connectivity index (χ1v) is 10.9. The summed E-state index contributed by atoms with van der Waals surface area (Å²) in [6.07, 6.45) is 1.61. The summed E-state index contributed by atoms with van der Waals surface area (Å²) in [6.45, 7) is 0.983. The summed E-state index contributed by atoms with van der Waals surface area (Å²) in [4.78, 5) is 22.7. The molecule has 28 heavy (non-hydrogen) atoms. The Morgan fingerprint density at radius 1 is 0.964 bits per heavy atom. The van der Waals surface area contributed by atoms with E-state index in [0.717, 1.165) is 0 Å². The summed E-state index contributed by atoms with van der Waals surface area (Å²) in [5, 5.41) is 0.0306. The number of aldehydes is 1. The minimum Gasteiger partial charge on any atom is -0.355 e. The van der Waals surface area contributed by atoms with Gasteiger partial charge in [0, 0.05) is 18.1 Å². The van der Waals surface area contributed by atoms with Crippen LogP contribution in [0.3, 0.4) is 0 Å². The second kappa shape index (κ2) is 7.48. The predicted octanol–water partition coefficient (Wildman–Crippen LogP) is 3.54. The van der Waals surface area contributed by atoms with Crippen LogP contribution in [-0.2, 0) is 9.84 Å². The van der Waals surface area contributed by atoms with Gasteiger partial charge in [-0.3, -0.25) is 4.79 Å². The zero-order chi connectivity index (χ0) is 19.7. The van der Waals surface area contributed by atoms with Crippen molar-refractivity contribution in [3.05, 3.63) is 59.2 Å². The van der Waals surface area contributed by atoms with Crippen LogP contribution in [0.5, 0.6) is 0 Å². The fourth-order valence-corrected chi connectivity index (χ4v) is 5.37. The van der Waals surface area contributed by atoms with Crippen LogP contribution in [0.25, 0.3) is 11.0 Å². The quantitative estimate of drug-likeness (QED) is 0.606. The number of rotatable bonds is 4. The first-order valence-electron chi connectivity index (χ1n) is 8.95. The molecule has 3 aromatic rings. The van der Waals surface area contributed by atoms with Gasteiger partial charge < -0.3 is 4.90 Å². The summed E-state index contributed by atoms with van der Waals surface area (Å²) in [6, 6.07) is 13.6. The molecule has 0 atom stereocenters. The second-order valence-electron chi connectivity index (χ2n) is 6.72. The first-order chi connectivity index (χ1) is 13.5. The molecule has 1 fully saturated rings. The number of carbonyl (C=O) groups is 1. The molecule has 2 heterocycles. The molecule has 0 unspecified atom stereocenters. The average molecular weight is 416 g/mol. The van der Waals surface area contributed by atoms with Gasteiger partial charge >= 0.3 is 0 Å². The van der Waals surface area contributed by atoms with Gasteiger partial charge in [0.25, 0.3) is 0 Å². The Morgan fingerprint density at radius 3 is 2.18 bits per heavy atom. The van der Waals surface area contributed by atoms with E-state index in [0.29, 0.717) is 54.1 Å². The molecule has 0 radical (unpaired) electrons. The molecular weight excluding hydrogens is 398 g/mol. The van der Waals surface area contributed by atoms with Gasteiger partial charge in [-0.2, -0.15) is 0 Å². The van der Waals surface area contributed by atoms with Crippen LogP contribution in [-0.4, -0.2) is 43.0 Å². The van der Waals surface area contributed by atoms with Crippen molar-refractivity contribution in [3.63, 3.8) is 0 Å². The third-order valence-electron chi connectivity index (χ3n) is 5.01. The smallest absolute Gasteiger partial charge is 0.181 e. The highest BCUT2D eigenvalue weighted by Crippen LogP contribution is 2.29. The number of nitrogens with zero attached hydrogens (tertiary/aromatic N) is 3. The van der Waals surface area contributed by atoms with Crippen LogP contribution in [0.4, 0.5) is 5.82 Å². The van der Waals surface area contributed by atoms with Crippen LogP contribution in [0.15, 0.2) is 53.4 Å². The lowest BCUT2D eigenvalue weighted by molar-refractivity contribution is 0.111. The van der Waals surface area contributed by atoms with E-state index in [1.54, 1.807) is 24.3 Å². The number of halogens is 1. The molecule has 0 spiro atoms. The Bertz CT molecular complexity index is 1130. The van der Waals surface area contributed by atoms with E-state index in [1.165, 1.54) is 0 Å². The van der Waals surface area contributed by atoms with E-state index in [9.17, 15) is 13.2 Å². The molecule has 8 heteroatoms. The largest absolute Gasteiger partial charge is 0.355 e. The van der Waals surface area contributed by atoms with Crippen LogP contribution in [0.2, 0.25) is 5.02 Å². The molecule has 2 aromatic carbocycles. The van der Waals surface area contributed by atoms with Crippen molar-refractivity contribution >= 4 is 44.6 Å². The predicted molar refractivity (Wildman–Crippen MR) is 109 cm³/mol. The number of hydrogen-bond acceptors (Lipinski definition) is 6. The van der Waals surface area contributed by atoms with Gasteiger partial charge in [0.1, 0.15) is 5.69 Å². The number of hydrogen-bond donors (Lipinski definition) is 0. The van der Waals surface area contributed by atoms with Gasteiger partial charge in [-0.05, 0) is 49.2 Å². The van der Waals surface area contributed by atoms with E-state index in [1.807, 2.05) is 29.2 Å². The number of aromatic nitrogens is 2. The zero-order valence-electron chi connectivity index (χ0n) is 15.0. The van der Waals surface area contributed by atoms with Gasteiger partial charge in [-0.15, -0.1) is 0 Å². The minimum atomic E-state index is -3.43. The molecule has 6 nitrogen and oxygen atoms in total. The molecular formula is C20H18ClN3O3S. The highest BCUT2D eigenvalue weighted by molar-refractivity contribution is 7.92. The standard InChI is InChI=1S/C20H18ClN3O3S/c21-14-5-7-15(8-6-14)28(26,27)16-9-11-24(12-10-16)20-19(13-25)22-17-3-1-2-4-18(17)23-20/h1-8,13,16H,9-12H2. The molecule has 0 aliphatic carbocycles. The Hall–Kier alpha value is -2.51. The highest BCUT2D eigenvalue weighted by Gasteiger charge is 2.32. The van der Waals surface area contributed by atoms with E-state index in [4.69, 9.17) is 11.6 Å². The number of anilines is 1. The SMILES string of the molecule is O=Cc1nc2ccccc2nc1N1CCC(S(=O)(=O)c2ccc(Cl)cc2)CC1. The zero-order valence-corrected chi connectivity index (χ0v) is 16.5. The number of para-hydroxylation sites is 2. The molecule has 0 amide bonds. The Kier molecular flexibility index (Phi) is 5.03. The second-order valence-corrected chi connectivity index (χ2v) is 9.39. The molecule has 1 saturated heterocycles. The van der Waals surface area contributed by atoms with Crippen molar-refractivity contribution in [2.75, 3.05) is 18.0 Å². The number of benzene rings is 2. The van der Waals surface area contributed by atoms with Gasteiger partial charge in [0.05, 0.1) is 21.2 Å². The summed E-state index contributed by atoms with van der Waals surface area (Å²) >= 11 is 5.86. The molecule has 1 aliphatic heterocycles. The Balaban J connectivity index is 1.56. The molecule has 0 bridgehead atoms. The van der Waals surface area contributed by atoms with Crippen LogP contribution in [0, 0.1) is 0 Å². The van der Waals surface area contributed by atoms with Gasteiger partial charge in [-0.25, -0.2) is 18.4 Å². The highest BCUT2D eigenvalue weighted by atomic mass is 35.5. The fourth-order valence-electron chi connectivity index (χ4n) is 3.51. The molecule has 0 N–H and O–H groups in total.